The lowest BCUT2D eigenvalue weighted by Crippen LogP contribution is -2.43. The Morgan fingerprint density at radius 3 is 2.47 bits per heavy atom. The van der Waals surface area contributed by atoms with Crippen molar-refractivity contribution in [2.24, 2.45) is 0 Å². The first-order chi connectivity index (χ1) is 14.4. The first-order valence-electron chi connectivity index (χ1n) is 9.91. The fourth-order valence-electron chi connectivity index (χ4n) is 3.58. The molecule has 3 rings (SSSR count). The van der Waals surface area contributed by atoms with E-state index in [-0.39, 0.29) is 17.8 Å². The highest BCUT2D eigenvalue weighted by molar-refractivity contribution is 5.81. The minimum atomic E-state index is -0.761. The van der Waals surface area contributed by atoms with Crippen molar-refractivity contribution in [3.05, 3.63) is 68.7 Å². The van der Waals surface area contributed by atoms with Crippen LogP contribution in [0.3, 0.4) is 0 Å². The molecule has 1 aliphatic rings. The van der Waals surface area contributed by atoms with Gasteiger partial charge in [0.05, 0.1) is 0 Å². The molecule has 0 saturated heterocycles. The van der Waals surface area contributed by atoms with E-state index in [4.69, 9.17) is 4.74 Å². The maximum atomic E-state index is 13.2. The Bertz CT molecular complexity index is 993. The van der Waals surface area contributed by atoms with Crippen molar-refractivity contribution >= 4 is 11.9 Å². The van der Waals surface area contributed by atoms with E-state index in [1.165, 1.54) is 18.3 Å². The zero-order valence-corrected chi connectivity index (χ0v) is 16.5. The topological polar surface area (TPSA) is 101 Å². The number of hydrogen-bond donors (Lipinski definition) is 1. The maximum absolute atomic E-state index is 13.2. The molecular weight excluding hydrogens is 393 g/mol. The summed E-state index contributed by atoms with van der Waals surface area (Å²) in [7, 11) is 0. The Morgan fingerprint density at radius 1 is 1.10 bits per heavy atom. The number of rotatable bonds is 7. The molecule has 1 aliphatic carbocycles. The van der Waals surface area contributed by atoms with Gasteiger partial charge in [0, 0.05) is 24.8 Å². The van der Waals surface area contributed by atoms with Gasteiger partial charge in [-0.15, -0.1) is 0 Å². The normalized spacial score (nSPS) is 14.3. The van der Waals surface area contributed by atoms with E-state index >= 15 is 0 Å². The molecule has 1 aromatic heterocycles. The van der Waals surface area contributed by atoms with Gasteiger partial charge in [-0.3, -0.25) is 23.9 Å². The molecule has 30 heavy (non-hydrogen) atoms. The number of aromatic amines is 1. The molecule has 2 aromatic rings. The van der Waals surface area contributed by atoms with Crippen LogP contribution >= 0.6 is 0 Å². The zero-order chi connectivity index (χ0) is 21.5. The number of hydrogen-bond acceptors (Lipinski definition) is 5. The number of carbonyl (C=O) groups is 2. The van der Waals surface area contributed by atoms with Gasteiger partial charge in [0.15, 0.2) is 6.61 Å². The number of halogens is 1. The van der Waals surface area contributed by atoms with Crippen molar-refractivity contribution in [1.82, 2.24) is 14.5 Å². The molecule has 0 aliphatic heterocycles. The van der Waals surface area contributed by atoms with Crippen molar-refractivity contribution in [2.45, 2.75) is 51.2 Å². The maximum Gasteiger partial charge on any atom is 0.328 e. The highest BCUT2D eigenvalue weighted by Gasteiger charge is 2.26. The number of benzene rings is 1. The molecule has 0 unspecified atom stereocenters. The lowest BCUT2D eigenvalue weighted by molar-refractivity contribution is -0.154. The van der Waals surface area contributed by atoms with E-state index in [2.05, 4.69) is 0 Å². The van der Waals surface area contributed by atoms with E-state index in [1.807, 2.05) is 4.98 Å². The summed E-state index contributed by atoms with van der Waals surface area (Å²) in [4.78, 5) is 51.4. The first kappa shape index (κ1) is 21.5. The van der Waals surface area contributed by atoms with Crippen molar-refractivity contribution in [3.8, 4) is 0 Å². The van der Waals surface area contributed by atoms with E-state index in [0.717, 1.165) is 48.3 Å². The molecule has 1 amide bonds. The van der Waals surface area contributed by atoms with Crippen molar-refractivity contribution < 1.29 is 18.7 Å². The van der Waals surface area contributed by atoms with Gasteiger partial charge in [-0.25, -0.2) is 9.18 Å². The summed E-state index contributed by atoms with van der Waals surface area (Å²) in [5, 5.41) is 0. The molecule has 0 bridgehead atoms. The monoisotopic (exact) mass is 417 g/mol. The molecule has 0 spiro atoms. The van der Waals surface area contributed by atoms with Crippen LogP contribution < -0.4 is 11.2 Å². The van der Waals surface area contributed by atoms with Gasteiger partial charge in [0.25, 0.3) is 11.5 Å². The molecule has 1 N–H and O–H groups in total. The largest absolute Gasteiger partial charge is 0.454 e. The molecule has 1 saturated carbocycles. The Balaban J connectivity index is 1.63. The highest BCUT2D eigenvalue weighted by atomic mass is 19.1. The number of aromatic nitrogens is 2. The smallest absolute Gasteiger partial charge is 0.328 e. The molecule has 0 atom stereocenters. The third-order valence-corrected chi connectivity index (χ3v) is 5.15. The number of nitrogens with zero attached hydrogens (tertiary/aromatic N) is 2. The Kier molecular flexibility index (Phi) is 7.16. The van der Waals surface area contributed by atoms with Gasteiger partial charge >= 0.3 is 11.7 Å². The summed E-state index contributed by atoms with van der Waals surface area (Å²) in [6.45, 7) is -0.556. The molecule has 9 heteroatoms. The van der Waals surface area contributed by atoms with Gasteiger partial charge in [0.1, 0.15) is 12.4 Å². The first-order valence-corrected chi connectivity index (χ1v) is 9.91. The van der Waals surface area contributed by atoms with Crippen LogP contribution in [0.1, 0.15) is 37.7 Å². The summed E-state index contributed by atoms with van der Waals surface area (Å²) in [6, 6.07) is 7.12. The summed E-state index contributed by atoms with van der Waals surface area (Å²) >= 11 is 0. The second kappa shape index (κ2) is 10.00. The van der Waals surface area contributed by atoms with Crippen LogP contribution in [0.5, 0.6) is 0 Å². The van der Waals surface area contributed by atoms with Gasteiger partial charge in [-0.2, -0.15) is 0 Å². The van der Waals surface area contributed by atoms with E-state index in [0.29, 0.717) is 6.54 Å². The van der Waals surface area contributed by atoms with E-state index in [1.54, 1.807) is 17.0 Å². The molecule has 1 fully saturated rings. The number of H-pyrrole nitrogens is 1. The molecule has 1 heterocycles. The Hall–Kier alpha value is -3.23. The average molecular weight is 417 g/mol. The van der Waals surface area contributed by atoms with Crippen LogP contribution in [0.4, 0.5) is 4.39 Å². The second-order valence-electron chi connectivity index (χ2n) is 7.34. The summed E-state index contributed by atoms with van der Waals surface area (Å²) in [5.41, 5.74) is -0.504. The number of carbonyl (C=O) groups excluding carboxylic acids is 2. The second-order valence-corrected chi connectivity index (χ2v) is 7.34. The molecule has 8 nitrogen and oxygen atoms in total. The van der Waals surface area contributed by atoms with Gasteiger partial charge in [-0.05, 0) is 30.5 Å². The fourth-order valence-corrected chi connectivity index (χ4v) is 3.58. The van der Waals surface area contributed by atoms with Crippen LogP contribution in [0.2, 0.25) is 0 Å². The zero-order valence-electron chi connectivity index (χ0n) is 16.5. The summed E-state index contributed by atoms with van der Waals surface area (Å²) < 4.78 is 19.3. The van der Waals surface area contributed by atoms with Crippen LogP contribution in [0.15, 0.2) is 46.1 Å². The quantitative estimate of drug-likeness (QED) is 0.690. The number of ether oxygens (including phenoxy) is 1. The van der Waals surface area contributed by atoms with E-state index < -0.39 is 30.4 Å². The van der Waals surface area contributed by atoms with Gasteiger partial charge in [0.2, 0.25) is 0 Å². The predicted octanol–water partition coefficient (Wildman–Crippen LogP) is 1.58. The average Bonchev–Trinajstić information content (AvgIpc) is 2.74. The number of nitrogens with one attached hydrogen (secondary N) is 1. The minimum Gasteiger partial charge on any atom is -0.454 e. The Morgan fingerprint density at radius 2 is 1.80 bits per heavy atom. The van der Waals surface area contributed by atoms with Crippen LogP contribution in [0.25, 0.3) is 0 Å². The SMILES string of the molecule is O=C(Cn1ccc(=O)[nH]c1=O)OCC(=O)N(Cc1ccc(F)cc1)C1CCCCC1. The van der Waals surface area contributed by atoms with E-state index in [9.17, 15) is 23.6 Å². The van der Waals surface area contributed by atoms with Crippen LogP contribution in [0, 0.1) is 5.82 Å². The van der Waals surface area contributed by atoms with Crippen LogP contribution in [-0.4, -0.2) is 39.0 Å². The third-order valence-electron chi connectivity index (χ3n) is 5.15. The predicted molar refractivity (Wildman–Crippen MR) is 106 cm³/mol. The van der Waals surface area contributed by atoms with Crippen LogP contribution in [-0.2, 0) is 27.4 Å². The standard InChI is InChI=1S/C21H24FN3O5/c22-16-8-6-15(7-9-16)12-25(17-4-2-1-3-5-17)19(27)14-30-20(28)13-24-11-10-18(26)23-21(24)29/h6-11,17H,1-5,12-14H2,(H,23,26,29). The van der Waals surface area contributed by atoms with Gasteiger partial charge < -0.3 is 9.64 Å². The van der Waals surface area contributed by atoms with Gasteiger partial charge in [-0.1, -0.05) is 31.4 Å². The van der Waals surface area contributed by atoms with Crippen molar-refractivity contribution in [3.63, 3.8) is 0 Å². The molecule has 0 radical (unpaired) electrons. The number of esters is 1. The Labute approximate surface area is 172 Å². The molecule has 160 valence electrons. The summed E-state index contributed by atoms with van der Waals surface area (Å²) in [6.07, 6.45) is 6.09. The molecular formula is C21H24FN3O5. The minimum absolute atomic E-state index is 0.0387. The lowest BCUT2D eigenvalue weighted by atomic mass is 9.93. The van der Waals surface area contributed by atoms with Crippen molar-refractivity contribution in [2.75, 3.05) is 6.61 Å². The summed E-state index contributed by atoms with van der Waals surface area (Å²) in [5.74, 6) is -1.45. The molecule has 1 aromatic carbocycles. The van der Waals surface area contributed by atoms with Crippen molar-refractivity contribution in [1.29, 1.82) is 0 Å². The third kappa shape index (κ3) is 5.88. The number of amides is 1. The lowest BCUT2D eigenvalue weighted by Gasteiger charge is -2.34. The fraction of sp³-hybridized carbons (Fsp3) is 0.429. The highest BCUT2D eigenvalue weighted by Crippen LogP contribution is 2.24.